The highest BCUT2D eigenvalue weighted by atomic mass is 32.1. The Labute approximate surface area is 165 Å². The van der Waals surface area contributed by atoms with Gasteiger partial charge in [-0.1, -0.05) is 36.4 Å². The Hall–Kier alpha value is -3.51. The van der Waals surface area contributed by atoms with Crippen molar-refractivity contribution >= 4 is 40.4 Å². The number of aromatic nitrogens is 2. The number of aromatic hydroxyl groups is 1. The van der Waals surface area contributed by atoms with E-state index in [4.69, 9.17) is 4.74 Å². The minimum Gasteiger partial charge on any atom is -0.493 e. The van der Waals surface area contributed by atoms with Crippen LogP contribution < -0.4 is 15.3 Å². The summed E-state index contributed by atoms with van der Waals surface area (Å²) in [5, 5.41) is 12.2. The molecule has 4 rings (SSSR count). The van der Waals surface area contributed by atoms with Crippen LogP contribution in [0, 0.1) is 0 Å². The molecule has 0 bridgehead atoms. The SMILES string of the molecule is C=N/C=c1/nc(Oc2ccc3cc(-c4ccccc4)sc3c2)nc(O)/c1=C/C. The maximum absolute atomic E-state index is 10.1. The molecule has 0 amide bonds. The molecule has 2 aromatic heterocycles. The number of aliphatic imine (C=N–C) groups is 1. The lowest BCUT2D eigenvalue weighted by Crippen LogP contribution is -2.29. The van der Waals surface area contributed by atoms with E-state index in [1.54, 1.807) is 24.3 Å². The second-order valence-corrected chi connectivity index (χ2v) is 7.09. The van der Waals surface area contributed by atoms with E-state index < -0.39 is 0 Å². The number of rotatable bonds is 4. The molecule has 0 aliphatic heterocycles. The van der Waals surface area contributed by atoms with E-state index in [1.807, 2.05) is 36.4 Å². The number of nitrogens with zero attached hydrogens (tertiary/aromatic N) is 3. The molecule has 1 N–H and O–H groups in total. The molecule has 0 atom stereocenters. The van der Waals surface area contributed by atoms with Crippen molar-refractivity contribution in [1.29, 1.82) is 0 Å². The van der Waals surface area contributed by atoms with Crippen LogP contribution >= 0.6 is 11.3 Å². The Morgan fingerprint density at radius 3 is 2.68 bits per heavy atom. The van der Waals surface area contributed by atoms with Gasteiger partial charge in [0.25, 0.3) is 0 Å². The molecular weight excluding hydrogens is 370 g/mol. The first-order valence-electron chi connectivity index (χ1n) is 8.64. The summed E-state index contributed by atoms with van der Waals surface area (Å²) >= 11 is 1.69. The first-order chi connectivity index (χ1) is 13.7. The molecule has 0 unspecified atom stereocenters. The van der Waals surface area contributed by atoms with Crippen LogP contribution in [0.15, 0.2) is 59.6 Å². The van der Waals surface area contributed by atoms with Crippen molar-refractivity contribution < 1.29 is 9.84 Å². The molecule has 0 saturated heterocycles. The zero-order chi connectivity index (χ0) is 19.5. The summed E-state index contributed by atoms with van der Waals surface area (Å²) in [5.41, 5.74) is 1.18. The fourth-order valence-electron chi connectivity index (χ4n) is 2.89. The molecule has 0 saturated carbocycles. The van der Waals surface area contributed by atoms with Crippen molar-refractivity contribution in [2.24, 2.45) is 4.99 Å². The molecule has 28 heavy (non-hydrogen) atoms. The molecule has 4 aromatic rings. The molecule has 0 radical (unpaired) electrons. The molecule has 0 fully saturated rings. The Balaban J connectivity index is 1.71. The van der Waals surface area contributed by atoms with Crippen LogP contribution in [-0.4, -0.2) is 21.8 Å². The minimum atomic E-state index is -0.161. The van der Waals surface area contributed by atoms with Crippen molar-refractivity contribution in [2.45, 2.75) is 6.92 Å². The lowest BCUT2D eigenvalue weighted by Gasteiger charge is -2.04. The topological polar surface area (TPSA) is 67.6 Å². The molecule has 2 heterocycles. The van der Waals surface area contributed by atoms with Crippen LogP contribution in [0.3, 0.4) is 0 Å². The van der Waals surface area contributed by atoms with Gasteiger partial charge in [-0.15, -0.1) is 11.3 Å². The smallest absolute Gasteiger partial charge is 0.325 e. The van der Waals surface area contributed by atoms with Gasteiger partial charge in [-0.05, 0) is 48.9 Å². The first-order valence-corrected chi connectivity index (χ1v) is 9.46. The fourth-order valence-corrected chi connectivity index (χ4v) is 3.98. The quantitative estimate of drug-likeness (QED) is 0.536. The van der Waals surface area contributed by atoms with Crippen LogP contribution in [0.1, 0.15) is 6.92 Å². The van der Waals surface area contributed by atoms with E-state index in [0.717, 1.165) is 10.1 Å². The van der Waals surface area contributed by atoms with Crippen molar-refractivity contribution in [1.82, 2.24) is 9.97 Å². The average Bonchev–Trinajstić information content (AvgIpc) is 3.12. The summed E-state index contributed by atoms with van der Waals surface area (Å²) in [4.78, 5) is 13.3. The van der Waals surface area contributed by atoms with Gasteiger partial charge in [-0.3, -0.25) is 4.99 Å². The van der Waals surface area contributed by atoms with Gasteiger partial charge >= 0.3 is 6.01 Å². The van der Waals surface area contributed by atoms with Gasteiger partial charge in [0.05, 0.1) is 16.8 Å². The van der Waals surface area contributed by atoms with Crippen molar-refractivity contribution in [3.8, 4) is 28.1 Å². The van der Waals surface area contributed by atoms with Crippen molar-refractivity contribution in [2.75, 3.05) is 0 Å². The highest BCUT2D eigenvalue weighted by molar-refractivity contribution is 7.22. The molecule has 0 aliphatic carbocycles. The minimum absolute atomic E-state index is 0.0530. The maximum atomic E-state index is 10.1. The number of hydrogen-bond acceptors (Lipinski definition) is 6. The highest BCUT2D eigenvalue weighted by Crippen LogP contribution is 2.35. The summed E-state index contributed by atoms with van der Waals surface area (Å²) < 4.78 is 6.89. The maximum Gasteiger partial charge on any atom is 0.325 e. The van der Waals surface area contributed by atoms with Crippen LogP contribution in [0.25, 0.3) is 32.8 Å². The van der Waals surface area contributed by atoms with E-state index >= 15 is 0 Å². The zero-order valence-corrected chi connectivity index (χ0v) is 16.0. The average molecular weight is 387 g/mol. The number of fused-ring (bicyclic) bond motifs is 1. The van der Waals surface area contributed by atoms with E-state index in [1.165, 1.54) is 16.6 Å². The van der Waals surface area contributed by atoms with Gasteiger partial charge in [0.15, 0.2) is 0 Å². The molecule has 2 aromatic carbocycles. The van der Waals surface area contributed by atoms with Gasteiger partial charge in [-0.25, -0.2) is 0 Å². The van der Waals surface area contributed by atoms with E-state index in [-0.39, 0.29) is 11.9 Å². The van der Waals surface area contributed by atoms with Crippen LogP contribution in [0.4, 0.5) is 0 Å². The van der Waals surface area contributed by atoms with Gasteiger partial charge in [0.1, 0.15) is 5.75 Å². The third-order valence-electron chi connectivity index (χ3n) is 4.20. The second kappa shape index (κ2) is 7.62. The van der Waals surface area contributed by atoms with E-state index in [9.17, 15) is 5.11 Å². The van der Waals surface area contributed by atoms with Crippen molar-refractivity contribution in [3.63, 3.8) is 0 Å². The lowest BCUT2D eigenvalue weighted by atomic mass is 10.1. The normalized spacial score (nSPS) is 12.5. The second-order valence-electron chi connectivity index (χ2n) is 6.01. The van der Waals surface area contributed by atoms with E-state index in [0.29, 0.717) is 16.3 Å². The standard InChI is InChI=1S/C22H17N3O2S/c1-3-17-18(13-23-2)24-22(25-21(17)26)27-16-10-9-15-11-19(28-20(15)12-16)14-7-5-4-6-8-14/h3-13H,2H2,1H3,(H,24,25,26)/b17-3+,18-13+. The first kappa shape index (κ1) is 17.9. The Bertz CT molecular complexity index is 1280. The summed E-state index contributed by atoms with van der Waals surface area (Å²) in [6.07, 6.45) is 3.16. The molecular formula is C22H17N3O2S. The summed E-state index contributed by atoms with van der Waals surface area (Å²) in [6.45, 7) is 5.22. The van der Waals surface area contributed by atoms with Crippen LogP contribution in [0.2, 0.25) is 0 Å². The molecule has 6 heteroatoms. The molecule has 0 spiro atoms. The summed E-state index contributed by atoms with van der Waals surface area (Å²) in [7, 11) is 0. The van der Waals surface area contributed by atoms with Crippen molar-refractivity contribution in [3.05, 3.63) is 65.2 Å². The highest BCUT2D eigenvalue weighted by Gasteiger charge is 2.09. The number of benzene rings is 2. The van der Waals surface area contributed by atoms with Gasteiger partial charge in [0, 0.05) is 9.58 Å². The lowest BCUT2D eigenvalue weighted by molar-refractivity contribution is 0.401. The number of hydrogen-bond donors (Lipinski definition) is 1. The summed E-state index contributed by atoms with van der Waals surface area (Å²) in [6, 6.07) is 18.3. The Morgan fingerprint density at radius 1 is 1.11 bits per heavy atom. The molecule has 5 nitrogen and oxygen atoms in total. The largest absolute Gasteiger partial charge is 0.493 e. The Kier molecular flexibility index (Phi) is 4.87. The molecule has 0 aliphatic rings. The summed E-state index contributed by atoms with van der Waals surface area (Å²) in [5.74, 6) is 0.435. The van der Waals surface area contributed by atoms with Gasteiger partial charge < -0.3 is 9.84 Å². The van der Waals surface area contributed by atoms with Crippen LogP contribution in [0.5, 0.6) is 17.6 Å². The predicted octanol–water partition coefficient (Wildman–Crippen LogP) is 4.10. The van der Waals surface area contributed by atoms with Gasteiger partial charge in [0.2, 0.25) is 5.88 Å². The zero-order valence-electron chi connectivity index (χ0n) is 15.2. The van der Waals surface area contributed by atoms with Gasteiger partial charge in [-0.2, -0.15) is 9.97 Å². The predicted molar refractivity (Wildman–Crippen MR) is 114 cm³/mol. The molecule has 138 valence electrons. The van der Waals surface area contributed by atoms with E-state index in [2.05, 4.69) is 39.9 Å². The monoisotopic (exact) mass is 387 g/mol. The fraction of sp³-hybridized carbons (Fsp3) is 0.0455. The third kappa shape index (κ3) is 3.50. The Morgan fingerprint density at radius 2 is 1.93 bits per heavy atom. The third-order valence-corrected chi connectivity index (χ3v) is 5.34. The van der Waals surface area contributed by atoms with Crippen LogP contribution in [-0.2, 0) is 0 Å². The number of thiophene rings is 1. The number of ether oxygens (including phenoxy) is 1.